The molecule has 0 radical (unpaired) electrons. The van der Waals surface area contributed by atoms with Crippen LogP contribution in [-0.2, 0) is 16.1 Å². The average molecular weight is 361 g/mol. The van der Waals surface area contributed by atoms with Crippen molar-refractivity contribution in [2.75, 3.05) is 13.7 Å². The molecule has 5 nitrogen and oxygen atoms in total. The van der Waals surface area contributed by atoms with E-state index in [9.17, 15) is 9.59 Å². The number of ether oxygens (including phenoxy) is 1. The van der Waals surface area contributed by atoms with Crippen molar-refractivity contribution >= 4 is 39.1 Å². The Morgan fingerprint density at radius 3 is 3.15 bits per heavy atom. The number of rotatable bonds is 4. The highest BCUT2D eigenvalue weighted by Crippen LogP contribution is 2.28. The number of esters is 1. The summed E-state index contributed by atoms with van der Waals surface area (Å²) in [5.74, 6) is -0.313. The number of thiophene rings is 1. The molecule has 20 heavy (non-hydrogen) atoms. The van der Waals surface area contributed by atoms with Crippen LogP contribution in [0.4, 0.5) is 0 Å². The number of halogens is 1. The molecule has 1 saturated heterocycles. The fourth-order valence-corrected chi connectivity index (χ4v) is 3.80. The minimum atomic E-state index is -0.353. The number of amides is 1. The summed E-state index contributed by atoms with van der Waals surface area (Å²) in [6.45, 7) is 1.23. The smallest absolute Gasteiger partial charge is 0.339 e. The van der Waals surface area contributed by atoms with Gasteiger partial charge in [0.25, 0.3) is 0 Å². The van der Waals surface area contributed by atoms with Gasteiger partial charge in [0.05, 0.1) is 22.5 Å². The van der Waals surface area contributed by atoms with Crippen molar-refractivity contribution in [2.24, 2.45) is 0 Å². The molecule has 2 N–H and O–H groups in total. The lowest BCUT2D eigenvalue weighted by Gasteiger charge is -2.14. The summed E-state index contributed by atoms with van der Waals surface area (Å²) in [6.07, 6.45) is 2.86. The van der Waals surface area contributed by atoms with E-state index in [4.69, 9.17) is 4.74 Å². The Hall–Kier alpha value is -0.920. The van der Waals surface area contributed by atoms with Gasteiger partial charge in [0.1, 0.15) is 0 Å². The first-order valence-electron chi connectivity index (χ1n) is 6.49. The normalized spacial score (nSPS) is 19.3. The van der Waals surface area contributed by atoms with Crippen LogP contribution in [0.3, 0.4) is 0 Å². The largest absolute Gasteiger partial charge is 0.465 e. The van der Waals surface area contributed by atoms with Crippen LogP contribution in [0.25, 0.3) is 0 Å². The van der Waals surface area contributed by atoms with Gasteiger partial charge in [-0.3, -0.25) is 4.79 Å². The number of methoxy groups -OCH3 is 1. The summed E-state index contributed by atoms with van der Waals surface area (Å²) in [4.78, 5) is 24.4. The number of hydrogen-bond donors (Lipinski definition) is 2. The molecular weight excluding hydrogens is 344 g/mol. The average Bonchev–Trinajstić information content (AvgIpc) is 2.68. The highest BCUT2D eigenvalue weighted by Gasteiger charge is 2.22. The molecule has 0 unspecified atom stereocenters. The Bertz CT molecular complexity index is 504. The zero-order chi connectivity index (χ0) is 14.5. The number of carbonyl (C=O) groups is 2. The molecular formula is C13H17BrN2O3S. The maximum absolute atomic E-state index is 11.8. The number of hydrogen-bond acceptors (Lipinski definition) is 5. The van der Waals surface area contributed by atoms with Gasteiger partial charge in [0.2, 0.25) is 5.91 Å². The second-order valence-corrected chi connectivity index (χ2v) is 7.12. The molecule has 2 rings (SSSR count). The SMILES string of the molecule is COC(=O)c1cc(Br)sc1CN[C@H]1CCCCNC1=O. The molecule has 2 heterocycles. The van der Waals surface area contributed by atoms with Crippen molar-refractivity contribution in [2.45, 2.75) is 31.8 Å². The highest BCUT2D eigenvalue weighted by molar-refractivity contribution is 9.11. The van der Waals surface area contributed by atoms with Crippen LogP contribution < -0.4 is 10.6 Å². The summed E-state index contributed by atoms with van der Waals surface area (Å²) in [6, 6.07) is 1.56. The van der Waals surface area contributed by atoms with Crippen molar-refractivity contribution in [3.63, 3.8) is 0 Å². The van der Waals surface area contributed by atoms with Gasteiger partial charge >= 0.3 is 5.97 Å². The van der Waals surface area contributed by atoms with Crippen LogP contribution in [-0.4, -0.2) is 31.6 Å². The van der Waals surface area contributed by atoms with Crippen molar-refractivity contribution in [3.8, 4) is 0 Å². The minimum Gasteiger partial charge on any atom is -0.465 e. The van der Waals surface area contributed by atoms with Gasteiger partial charge in [-0.15, -0.1) is 11.3 Å². The Morgan fingerprint density at radius 2 is 2.40 bits per heavy atom. The molecule has 1 atom stereocenters. The summed E-state index contributed by atoms with van der Waals surface area (Å²) in [7, 11) is 1.36. The van der Waals surface area contributed by atoms with Crippen LogP contribution in [0.15, 0.2) is 9.85 Å². The second kappa shape index (κ2) is 7.19. The molecule has 1 aromatic rings. The number of nitrogens with one attached hydrogen (secondary N) is 2. The Morgan fingerprint density at radius 1 is 1.60 bits per heavy atom. The molecule has 1 aromatic heterocycles. The van der Waals surface area contributed by atoms with Crippen LogP contribution in [0.5, 0.6) is 0 Å². The third-order valence-corrected chi connectivity index (χ3v) is 4.87. The molecule has 0 bridgehead atoms. The summed E-state index contributed by atoms with van der Waals surface area (Å²) >= 11 is 4.85. The lowest BCUT2D eigenvalue weighted by atomic mass is 10.1. The maximum atomic E-state index is 11.8. The molecule has 0 aromatic carbocycles. The Labute approximate surface area is 130 Å². The van der Waals surface area contributed by atoms with Crippen molar-refractivity contribution in [1.82, 2.24) is 10.6 Å². The second-order valence-electron chi connectivity index (χ2n) is 4.60. The van der Waals surface area contributed by atoms with E-state index in [0.29, 0.717) is 12.1 Å². The van der Waals surface area contributed by atoms with Gasteiger partial charge in [-0.05, 0) is 41.3 Å². The molecule has 7 heteroatoms. The molecule has 1 fully saturated rings. The zero-order valence-corrected chi connectivity index (χ0v) is 13.6. The van der Waals surface area contributed by atoms with Gasteiger partial charge in [0.15, 0.2) is 0 Å². The van der Waals surface area contributed by atoms with Crippen LogP contribution in [0.2, 0.25) is 0 Å². The predicted octanol–water partition coefficient (Wildman–Crippen LogP) is 2.06. The van der Waals surface area contributed by atoms with Gasteiger partial charge in [-0.25, -0.2) is 4.79 Å². The molecule has 0 aliphatic carbocycles. The Kier molecular flexibility index (Phi) is 5.56. The van der Waals surface area contributed by atoms with Crippen LogP contribution >= 0.6 is 27.3 Å². The summed E-state index contributed by atoms with van der Waals surface area (Å²) in [5, 5.41) is 6.12. The van der Waals surface area contributed by atoms with Crippen molar-refractivity contribution in [1.29, 1.82) is 0 Å². The van der Waals surface area contributed by atoms with Gasteiger partial charge in [-0.2, -0.15) is 0 Å². The van der Waals surface area contributed by atoms with Crippen molar-refractivity contribution in [3.05, 3.63) is 20.3 Å². The quantitative estimate of drug-likeness (QED) is 0.806. The maximum Gasteiger partial charge on any atom is 0.339 e. The van der Waals surface area contributed by atoms with E-state index in [0.717, 1.165) is 34.5 Å². The van der Waals surface area contributed by atoms with Gasteiger partial charge < -0.3 is 15.4 Å². The van der Waals surface area contributed by atoms with Gasteiger partial charge in [0, 0.05) is 18.0 Å². The number of carbonyl (C=O) groups excluding carboxylic acids is 2. The van der Waals surface area contributed by atoms with Gasteiger partial charge in [-0.1, -0.05) is 0 Å². The summed E-state index contributed by atoms with van der Waals surface area (Å²) < 4.78 is 5.64. The van der Waals surface area contributed by atoms with E-state index in [2.05, 4.69) is 26.6 Å². The first-order valence-corrected chi connectivity index (χ1v) is 8.10. The first kappa shape index (κ1) is 15.5. The third-order valence-electron chi connectivity index (χ3n) is 3.23. The molecule has 0 saturated carbocycles. The standard InChI is InChI=1S/C13H17BrN2O3S/c1-19-13(18)8-6-11(14)20-10(8)7-16-9-4-2-3-5-15-12(9)17/h6,9,16H,2-5,7H2,1H3,(H,15,17)/t9-/m0/s1. The lowest BCUT2D eigenvalue weighted by molar-refractivity contribution is -0.122. The van der Waals surface area contributed by atoms with Crippen molar-refractivity contribution < 1.29 is 14.3 Å². The molecule has 1 aliphatic heterocycles. The summed E-state index contributed by atoms with van der Waals surface area (Å²) in [5.41, 5.74) is 0.547. The molecule has 0 spiro atoms. The van der Waals surface area contributed by atoms with E-state index < -0.39 is 0 Å². The topological polar surface area (TPSA) is 67.4 Å². The predicted molar refractivity (Wildman–Crippen MR) is 80.8 cm³/mol. The highest BCUT2D eigenvalue weighted by atomic mass is 79.9. The van der Waals surface area contributed by atoms with E-state index in [1.165, 1.54) is 18.4 Å². The molecule has 110 valence electrons. The zero-order valence-electron chi connectivity index (χ0n) is 11.2. The minimum absolute atomic E-state index is 0.0396. The van der Waals surface area contributed by atoms with E-state index >= 15 is 0 Å². The van der Waals surface area contributed by atoms with E-state index in [1.54, 1.807) is 6.07 Å². The monoisotopic (exact) mass is 360 g/mol. The molecule has 1 aliphatic rings. The van der Waals surface area contributed by atoms with E-state index in [-0.39, 0.29) is 17.9 Å². The van der Waals surface area contributed by atoms with E-state index in [1.807, 2.05) is 0 Å². The lowest BCUT2D eigenvalue weighted by Crippen LogP contribution is -2.42. The Balaban J connectivity index is 2.03. The van der Waals surface area contributed by atoms with Crippen LogP contribution in [0, 0.1) is 0 Å². The fraction of sp³-hybridized carbons (Fsp3) is 0.538. The third kappa shape index (κ3) is 3.80. The van der Waals surface area contributed by atoms with Crippen LogP contribution in [0.1, 0.15) is 34.5 Å². The molecule has 1 amide bonds. The first-order chi connectivity index (χ1) is 9.61. The fourth-order valence-electron chi connectivity index (χ4n) is 2.16.